The number of fused-ring (bicyclic) bond motifs is 1. The van der Waals surface area contributed by atoms with Crippen molar-refractivity contribution in [3.63, 3.8) is 0 Å². The molecule has 0 aliphatic carbocycles. The summed E-state index contributed by atoms with van der Waals surface area (Å²) in [4.78, 5) is 2.51. The molecule has 0 radical (unpaired) electrons. The average molecular weight is 227 g/mol. The summed E-state index contributed by atoms with van der Waals surface area (Å²) < 4.78 is 5.75. The Labute approximate surface area is 98.8 Å². The Morgan fingerprint density at radius 2 is 2.25 bits per heavy atom. The van der Waals surface area contributed by atoms with Crippen molar-refractivity contribution in [1.29, 1.82) is 0 Å². The molecule has 2 rings (SSSR count). The molecule has 16 heavy (non-hydrogen) atoms. The molecule has 0 bridgehead atoms. The zero-order chi connectivity index (χ0) is 11.6. The third-order valence-corrected chi connectivity index (χ3v) is 4.09. The first-order valence-electron chi connectivity index (χ1n) is 6.63. The fraction of sp³-hybridized carbons (Fsp3) is 1.00. The van der Waals surface area contributed by atoms with Crippen LogP contribution in [-0.4, -0.2) is 48.0 Å². The molecular formula is C13H25NO2. The van der Waals surface area contributed by atoms with Gasteiger partial charge in [-0.25, -0.2) is 0 Å². The Hall–Kier alpha value is -0.120. The smallest absolute Gasteiger partial charge is 0.0622 e. The SMILES string of the molecule is CC(C)COC[C@@H]1CC[C@]2(CO)CCCN12. The Bertz CT molecular complexity index is 232. The Kier molecular flexibility index (Phi) is 3.88. The van der Waals surface area contributed by atoms with Crippen molar-refractivity contribution in [2.75, 3.05) is 26.4 Å². The molecule has 2 aliphatic heterocycles. The highest BCUT2D eigenvalue weighted by Gasteiger charge is 2.48. The molecule has 0 amide bonds. The fourth-order valence-electron chi connectivity index (χ4n) is 3.25. The van der Waals surface area contributed by atoms with Crippen LogP contribution in [0.2, 0.25) is 0 Å². The van der Waals surface area contributed by atoms with Gasteiger partial charge in [-0.1, -0.05) is 13.8 Å². The van der Waals surface area contributed by atoms with E-state index >= 15 is 0 Å². The number of nitrogens with zero attached hydrogens (tertiary/aromatic N) is 1. The quantitative estimate of drug-likeness (QED) is 0.775. The molecule has 2 atom stereocenters. The van der Waals surface area contributed by atoms with Gasteiger partial charge >= 0.3 is 0 Å². The zero-order valence-corrected chi connectivity index (χ0v) is 10.6. The van der Waals surface area contributed by atoms with Crippen LogP contribution < -0.4 is 0 Å². The topological polar surface area (TPSA) is 32.7 Å². The second-order valence-corrected chi connectivity index (χ2v) is 5.80. The normalized spacial score (nSPS) is 34.9. The number of hydrogen-bond acceptors (Lipinski definition) is 3. The van der Waals surface area contributed by atoms with Gasteiger partial charge < -0.3 is 9.84 Å². The van der Waals surface area contributed by atoms with Crippen molar-refractivity contribution >= 4 is 0 Å². The molecule has 2 saturated heterocycles. The largest absolute Gasteiger partial charge is 0.394 e. The van der Waals surface area contributed by atoms with Crippen LogP contribution in [-0.2, 0) is 4.74 Å². The summed E-state index contributed by atoms with van der Waals surface area (Å²) in [5.74, 6) is 0.614. The molecule has 0 saturated carbocycles. The summed E-state index contributed by atoms with van der Waals surface area (Å²) >= 11 is 0. The minimum Gasteiger partial charge on any atom is -0.394 e. The van der Waals surface area contributed by atoms with Crippen LogP contribution in [0.25, 0.3) is 0 Å². The highest BCUT2D eigenvalue weighted by Crippen LogP contribution is 2.41. The van der Waals surface area contributed by atoms with Gasteiger partial charge in [0.05, 0.1) is 13.2 Å². The summed E-state index contributed by atoms with van der Waals surface area (Å²) in [6, 6.07) is 0.549. The standard InChI is InChI=1S/C13H25NO2/c1-11(2)8-16-9-12-4-6-13(10-15)5-3-7-14(12)13/h11-12,15H,3-10H2,1-2H3/t12-,13-/m0/s1. The second kappa shape index (κ2) is 5.03. The van der Waals surface area contributed by atoms with Crippen LogP contribution in [0, 0.1) is 5.92 Å². The van der Waals surface area contributed by atoms with Crippen LogP contribution in [0.15, 0.2) is 0 Å². The molecule has 94 valence electrons. The average Bonchev–Trinajstić information content (AvgIpc) is 2.78. The van der Waals surface area contributed by atoms with Gasteiger partial charge in [-0.2, -0.15) is 0 Å². The summed E-state index contributed by atoms with van der Waals surface area (Å²) in [7, 11) is 0. The second-order valence-electron chi connectivity index (χ2n) is 5.80. The Morgan fingerprint density at radius 3 is 2.94 bits per heavy atom. The van der Waals surface area contributed by atoms with Gasteiger partial charge in [-0.3, -0.25) is 4.90 Å². The van der Waals surface area contributed by atoms with Crippen LogP contribution >= 0.6 is 0 Å². The molecule has 3 nitrogen and oxygen atoms in total. The predicted molar refractivity (Wildman–Crippen MR) is 64.4 cm³/mol. The van der Waals surface area contributed by atoms with Crippen LogP contribution in [0.5, 0.6) is 0 Å². The maximum Gasteiger partial charge on any atom is 0.0622 e. The van der Waals surface area contributed by atoms with E-state index in [1.54, 1.807) is 0 Å². The lowest BCUT2D eigenvalue weighted by Crippen LogP contribution is -2.46. The predicted octanol–water partition coefficient (Wildman–Crippen LogP) is 1.65. The molecule has 0 unspecified atom stereocenters. The van der Waals surface area contributed by atoms with Crippen molar-refractivity contribution < 1.29 is 9.84 Å². The number of hydrogen-bond donors (Lipinski definition) is 1. The van der Waals surface area contributed by atoms with E-state index in [-0.39, 0.29) is 5.54 Å². The molecule has 1 N–H and O–H groups in total. The van der Waals surface area contributed by atoms with Crippen molar-refractivity contribution in [1.82, 2.24) is 4.90 Å². The number of ether oxygens (including phenoxy) is 1. The van der Waals surface area contributed by atoms with E-state index in [0.29, 0.717) is 18.6 Å². The van der Waals surface area contributed by atoms with Gasteiger partial charge in [0.25, 0.3) is 0 Å². The lowest BCUT2D eigenvalue weighted by atomic mass is 9.95. The van der Waals surface area contributed by atoms with Gasteiger partial charge in [0.2, 0.25) is 0 Å². The molecule has 2 heterocycles. The van der Waals surface area contributed by atoms with Crippen LogP contribution in [0.3, 0.4) is 0 Å². The Morgan fingerprint density at radius 1 is 1.44 bits per heavy atom. The van der Waals surface area contributed by atoms with E-state index in [0.717, 1.165) is 26.2 Å². The van der Waals surface area contributed by atoms with Gasteiger partial charge in [0, 0.05) is 18.2 Å². The monoisotopic (exact) mass is 227 g/mol. The minimum atomic E-state index is 0.117. The lowest BCUT2D eigenvalue weighted by molar-refractivity contribution is 0.0260. The van der Waals surface area contributed by atoms with E-state index < -0.39 is 0 Å². The van der Waals surface area contributed by atoms with E-state index in [4.69, 9.17) is 4.74 Å². The summed E-state index contributed by atoms with van der Waals surface area (Å²) in [5, 5.41) is 9.58. The van der Waals surface area contributed by atoms with Gasteiger partial charge in [0.1, 0.15) is 0 Å². The minimum absolute atomic E-state index is 0.117. The number of rotatable bonds is 5. The van der Waals surface area contributed by atoms with E-state index in [1.807, 2.05) is 0 Å². The summed E-state index contributed by atoms with van der Waals surface area (Å²) in [6.45, 7) is 7.55. The molecule has 0 spiro atoms. The number of aliphatic hydroxyl groups is 1. The first-order valence-corrected chi connectivity index (χ1v) is 6.63. The maximum absolute atomic E-state index is 9.58. The molecule has 2 fully saturated rings. The van der Waals surface area contributed by atoms with Crippen molar-refractivity contribution in [3.05, 3.63) is 0 Å². The zero-order valence-electron chi connectivity index (χ0n) is 10.6. The van der Waals surface area contributed by atoms with Gasteiger partial charge in [-0.05, 0) is 38.1 Å². The third kappa shape index (κ3) is 2.27. The first kappa shape index (κ1) is 12.3. The van der Waals surface area contributed by atoms with Gasteiger partial charge in [-0.15, -0.1) is 0 Å². The highest BCUT2D eigenvalue weighted by molar-refractivity contribution is 5.04. The van der Waals surface area contributed by atoms with E-state index in [1.165, 1.54) is 19.3 Å². The molecular weight excluding hydrogens is 202 g/mol. The van der Waals surface area contributed by atoms with E-state index in [2.05, 4.69) is 18.7 Å². The van der Waals surface area contributed by atoms with Crippen LogP contribution in [0.1, 0.15) is 39.5 Å². The first-order chi connectivity index (χ1) is 7.68. The number of aliphatic hydroxyl groups excluding tert-OH is 1. The maximum atomic E-state index is 9.58. The highest BCUT2D eigenvalue weighted by atomic mass is 16.5. The lowest BCUT2D eigenvalue weighted by Gasteiger charge is -2.33. The van der Waals surface area contributed by atoms with Crippen LogP contribution in [0.4, 0.5) is 0 Å². The molecule has 0 aromatic carbocycles. The molecule has 0 aromatic rings. The molecule has 3 heteroatoms. The fourth-order valence-corrected chi connectivity index (χ4v) is 3.25. The van der Waals surface area contributed by atoms with Gasteiger partial charge in [0.15, 0.2) is 0 Å². The summed E-state index contributed by atoms with van der Waals surface area (Å²) in [6.07, 6.45) is 4.75. The molecule has 2 aliphatic rings. The van der Waals surface area contributed by atoms with E-state index in [9.17, 15) is 5.11 Å². The van der Waals surface area contributed by atoms with Crippen molar-refractivity contribution in [2.45, 2.75) is 51.1 Å². The molecule has 0 aromatic heterocycles. The third-order valence-electron chi connectivity index (χ3n) is 4.09. The Balaban J connectivity index is 1.84. The summed E-state index contributed by atoms with van der Waals surface area (Å²) in [5.41, 5.74) is 0.117. The van der Waals surface area contributed by atoms with Crippen molar-refractivity contribution in [2.24, 2.45) is 5.92 Å². The van der Waals surface area contributed by atoms with Crippen molar-refractivity contribution in [3.8, 4) is 0 Å².